The summed E-state index contributed by atoms with van der Waals surface area (Å²) < 4.78 is 1.71. The molecule has 2 N–H and O–H groups in total. The van der Waals surface area contributed by atoms with Crippen molar-refractivity contribution in [3.63, 3.8) is 0 Å². The summed E-state index contributed by atoms with van der Waals surface area (Å²) in [6, 6.07) is 3.87. The minimum absolute atomic E-state index is 0.271. The summed E-state index contributed by atoms with van der Waals surface area (Å²) in [7, 11) is 0. The molecule has 6 nitrogen and oxygen atoms in total. The summed E-state index contributed by atoms with van der Waals surface area (Å²) >= 11 is 0. The third kappa shape index (κ3) is 2.58. The lowest BCUT2D eigenvalue weighted by Gasteiger charge is -1.98. The van der Waals surface area contributed by atoms with Crippen molar-refractivity contribution in [2.45, 2.75) is 13.2 Å². The lowest BCUT2D eigenvalue weighted by molar-refractivity contribution is 0.121. The van der Waals surface area contributed by atoms with Crippen molar-refractivity contribution in [1.29, 1.82) is 0 Å². The van der Waals surface area contributed by atoms with Crippen molar-refractivity contribution < 1.29 is 4.84 Å². The van der Waals surface area contributed by atoms with Gasteiger partial charge in [-0.15, -0.1) is 5.10 Å². The number of rotatable bonds is 4. The molecule has 2 heterocycles. The second-order valence-corrected chi connectivity index (χ2v) is 3.08. The highest BCUT2D eigenvalue weighted by Crippen LogP contribution is 2.00. The lowest BCUT2D eigenvalue weighted by Crippen LogP contribution is -2.00. The monoisotopic (exact) mass is 205 g/mol. The Morgan fingerprint density at radius 1 is 1.47 bits per heavy atom. The number of hydrogen-bond donors (Lipinski definition) is 1. The molecule has 6 heteroatoms. The molecular weight excluding hydrogens is 194 g/mol. The van der Waals surface area contributed by atoms with Crippen LogP contribution >= 0.6 is 0 Å². The van der Waals surface area contributed by atoms with E-state index in [-0.39, 0.29) is 6.61 Å². The molecule has 0 aromatic carbocycles. The molecule has 0 saturated carbocycles. The summed E-state index contributed by atoms with van der Waals surface area (Å²) in [5, 5.41) is 7.82. The van der Waals surface area contributed by atoms with Crippen molar-refractivity contribution in [2.75, 3.05) is 0 Å². The smallest absolute Gasteiger partial charge is 0.113 e. The van der Waals surface area contributed by atoms with Crippen LogP contribution in [-0.2, 0) is 18.0 Å². The first-order chi connectivity index (χ1) is 7.38. The number of hydrogen-bond acceptors (Lipinski definition) is 5. The maximum Gasteiger partial charge on any atom is 0.113 e. The molecule has 0 atom stereocenters. The van der Waals surface area contributed by atoms with Crippen molar-refractivity contribution in [3.8, 4) is 0 Å². The highest BCUT2D eigenvalue weighted by molar-refractivity contribution is 5.08. The summed E-state index contributed by atoms with van der Waals surface area (Å²) in [4.78, 5) is 8.48. The lowest BCUT2D eigenvalue weighted by atomic mass is 10.3. The Kier molecular flexibility index (Phi) is 3.01. The first-order valence-electron chi connectivity index (χ1n) is 4.48. The van der Waals surface area contributed by atoms with E-state index in [2.05, 4.69) is 20.1 Å². The van der Waals surface area contributed by atoms with E-state index in [1.807, 2.05) is 12.1 Å². The van der Waals surface area contributed by atoms with Gasteiger partial charge in [0.2, 0.25) is 0 Å². The molecule has 78 valence electrons. The Balaban J connectivity index is 2.05. The van der Waals surface area contributed by atoms with Crippen LogP contribution in [0.5, 0.6) is 0 Å². The predicted octanol–water partition coefficient (Wildman–Crippen LogP) is 0.112. The third-order valence-corrected chi connectivity index (χ3v) is 1.88. The molecule has 2 aromatic rings. The van der Waals surface area contributed by atoms with Gasteiger partial charge in [0.25, 0.3) is 0 Å². The minimum atomic E-state index is 0.271. The van der Waals surface area contributed by atoms with Crippen LogP contribution in [0.25, 0.3) is 0 Å². The molecule has 0 spiro atoms. The zero-order valence-electron chi connectivity index (χ0n) is 8.08. The standard InChI is InChI=1S/C9H11N5O/c10-15-7-9-6-14(13-12-9)5-8-2-1-3-11-4-8/h1-4,6H,5,7,10H2. The topological polar surface area (TPSA) is 78.9 Å². The molecule has 0 unspecified atom stereocenters. The molecule has 0 radical (unpaired) electrons. The van der Waals surface area contributed by atoms with Gasteiger partial charge in [-0.25, -0.2) is 10.6 Å². The Labute approximate surface area is 86.6 Å². The van der Waals surface area contributed by atoms with Crippen LogP contribution in [0, 0.1) is 0 Å². The molecule has 2 aromatic heterocycles. The van der Waals surface area contributed by atoms with Crippen LogP contribution in [0.4, 0.5) is 0 Å². The molecule has 0 aliphatic carbocycles. The van der Waals surface area contributed by atoms with E-state index in [0.29, 0.717) is 12.2 Å². The first kappa shape index (κ1) is 9.75. The van der Waals surface area contributed by atoms with Gasteiger partial charge in [0.15, 0.2) is 0 Å². The van der Waals surface area contributed by atoms with Crippen molar-refractivity contribution in [2.24, 2.45) is 5.90 Å². The molecule has 0 fully saturated rings. The number of aromatic nitrogens is 4. The van der Waals surface area contributed by atoms with Crippen molar-refractivity contribution in [1.82, 2.24) is 20.0 Å². The third-order valence-electron chi connectivity index (χ3n) is 1.88. The molecular formula is C9H11N5O. The van der Waals surface area contributed by atoms with Crippen LogP contribution in [0.15, 0.2) is 30.7 Å². The molecule has 2 rings (SSSR count). The zero-order chi connectivity index (χ0) is 10.5. The van der Waals surface area contributed by atoms with Gasteiger partial charge in [-0.3, -0.25) is 9.82 Å². The predicted molar refractivity (Wildman–Crippen MR) is 52.3 cm³/mol. The highest BCUT2D eigenvalue weighted by Gasteiger charge is 2.00. The van der Waals surface area contributed by atoms with Gasteiger partial charge in [0, 0.05) is 12.4 Å². The fourth-order valence-electron chi connectivity index (χ4n) is 1.25. The average Bonchev–Trinajstić information content (AvgIpc) is 2.68. The second kappa shape index (κ2) is 4.63. The van der Waals surface area contributed by atoms with Gasteiger partial charge < -0.3 is 0 Å². The van der Waals surface area contributed by atoms with Crippen LogP contribution in [0.1, 0.15) is 11.3 Å². The number of nitrogens with zero attached hydrogens (tertiary/aromatic N) is 4. The normalized spacial score (nSPS) is 10.5. The van der Waals surface area contributed by atoms with E-state index in [1.165, 1.54) is 0 Å². The molecule has 0 aliphatic heterocycles. The largest absolute Gasteiger partial charge is 0.298 e. The van der Waals surface area contributed by atoms with E-state index in [9.17, 15) is 0 Å². The fourth-order valence-corrected chi connectivity index (χ4v) is 1.25. The van der Waals surface area contributed by atoms with Crippen LogP contribution in [0.3, 0.4) is 0 Å². The van der Waals surface area contributed by atoms with E-state index in [4.69, 9.17) is 5.90 Å². The van der Waals surface area contributed by atoms with E-state index in [1.54, 1.807) is 23.3 Å². The van der Waals surface area contributed by atoms with E-state index >= 15 is 0 Å². The van der Waals surface area contributed by atoms with Gasteiger partial charge >= 0.3 is 0 Å². The fraction of sp³-hybridized carbons (Fsp3) is 0.222. The number of nitrogens with two attached hydrogens (primary N) is 1. The van der Waals surface area contributed by atoms with Crippen LogP contribution < -0.4 is 5.90 Å². The Morgan fingerprint density at radius 3 is 3.13 bits per heavy atom. The Bertz CT molecular complexity index is 413. The quantitative estimate of drug-likeness (QED) is 0.717. The van der Waals surface area contributed by atoms with E-state index < -0.39 is 0 Å². The summed E-state index contributed by atoms with van der Waals surface area (Å²) in [6.45, 7) is 0.915. The van der Waals surface area contributed by atoms with Crippen LogP contribution in [-0.4, -0.2) is 20.0 Å². The van der Waals surface area contributed by atoms with Gasteiger partial charge in [-0.1, -0.05) is 11.3 Å². The maximum absolute atomic E-state index is 4.94. The van der Waals surface area contributed by atoms with Crippen molar-refractivity contribution >= 4 is 0 Å². The Hall–Kier alpha value is -1.79. The van der Waals surface area contributed by atoms with E-state index in [0.717, 1.165) is 5.56 Å². The summed E-state index contributed by atoms with van der Waals surface area (Å²) in [5.41, 5.74) is 1.78. The van der Waals surface area contributed by atoms with Crippen molar-refractivity contribution in [3.05, 3.63) is 42.0 Å². The molecule has 0 aliphatic rings. The molecule has 15 heavy (non-hydrogen) atoms. The summed E-state index contributed by atoms with van der Waals surface area (Å²) in [5.74, 6) is 4.94. The number of pyridine rings is 1. The first-order valence-corrected chi connectivity index (χ1v) is 4.48. The molecule has 0 bridgehead atoms. The van der Waals surface area contributed by atoms with Gasteiger partial charge in [-0.05, 0) is 11.6 Å². The highest BCUT2D eigenvalue weighted by atomic mass is 16.6. The average molecular weight is 205 g/mol. The zero-order valence-corrected chi connectivity index (χ0v) is 8.08. The maximum atomic E-state index is 4.94. The SMILES string of the molecule is NOCc1cn(Cc2cccnc2)nn1. The molecule has 0 amide bonds. The van der Waals surface area contributed by atoms with Crippen LogP contribution in [0.2, 0.25) is 0 Å². The minimum Gasteiger partial charge on any atom is -0.298 e. The van der Waals surface area contributed by atoms with Gasteiger partial charge in [0.05, 0.1) is 12.7 Å². The van der Waals surface area contributed by atoms with Gasteiger partial charge in [0.1, 0.15) is 12.3 Å². The second-order valence-electron chi connectivity index (χ2n) is 3.08. The Morgan fingerprint density at radius 2 is 2.40 bits per heavy atom. The molecule has 0 saturated heterocycles. The van der Waals surface area contributed by atoms with Gasteiger partial charge in [-0.2, -0.15) is 0 Å². The summed E-state index contributed by atoms with van der Waals surface area (Å²) in [6.07, 6.45) is 5.32.